The zero-order chi connectivity index (χ0) is 22.4. The summed E-state index contributed by atoms with van der Waals surface area (Å²) in [6, 6.07) is 3.63. The summed E-state index contributed by atoms with van der Waals surface area (Å²) in [4.78, 5) is 32.8. The van der Waals surface area contributed by atoms with Gasteiger partial charge in [0.15, 0.2) is 9.84 Å². The molecule has 2 aromatic heterocycles. The SMILES string of the molecule is CC(C)(C)S(=O)(=O)C[C@@H](CC(=O)[C@H](CC(N)=O)Cc1cscn1)Cc1ccncc1. The smallest absolute Gasteiger partial charge is 0.218 e. The van der Waals surface area contributed by atoms with Crippen LogP contribution < -0.4 is 5.73 Å². The number of Topliss-reactive ketones (excluding diaryl/α,β-unsaturated/α-hetero) is 1. The number of nitrogens with two attached hydrogens (primary N) is 1. The summed E-state index contributed by atoms with van der Waals surface area (Å²) in [7, 11) is -3.43. The van der Waals surface area contributed by atoms with Crippen molar-refractivity contribution >= 4 is 32.9 Å². The van der Waals surface area contributed by atoms with E-state index in [0.717, 1.165) is 11.3 Å². The molecule has 1 amide bonds. The Labute approximate surface area is 182 Å². The summed E-state index contributed by atoms with van der Waals surface area (Å²) < 4.78 is 24.7. The monoisotopic (exact) mass is 451 g/mol. The minimum Gasteiger partial charge on any atom is -0.370 e. The molecule has 2 atom stereocenters. The summed E-state index contributed by atoms with van der Waals surface area (Å²) in [6.45, 7) is 4.98. The fourth-order valence-electron chi connectivity index (χ4n) is 3.19. The van der Waals surface area contributed by atoms with Gasteiger partial charge in [-0.15, -0.1) is 11.3 Å². The van der Waals surface area contributed by atoms with Crippen molar-refractivity contribution in [1.29, 1.82) is 0 Å². The van der Waals surface area contributed by atoms with E-state index >= 15 is 0 Å². The molecule has 0 aliphatic carbocycles. The predicted octanol–water partition coefficient (Wildman–Crippen LogP) is 2.60. The van der Waals surface area contributed by atoms with E-state index in [4.69, 9.17) is 5.73 Å². The van der Waals surface area contributed by atoms with Gasteiger partial charge in [0.25, 0.3) is 0 Å². The predicted molar refractivity (Wildman–Crippen MR) is 118 cm³/mol. The average Bonchev–Trinajstić information content (AvgIpc) is 3.13. The molecular weight excluding hydrogens is 422 g/mol. The largest absolute Gasteiger partial charge is 0.370 e. The van der Waals surface area contributed by atoms with E-state index in [1.807, 2.05) is 17.5 Å². The van der Waals surface area contributed by atoms with Crippen LogP contribution >= 0.6 is 11.3 Å². The highest BCUT2D eigenvalue weighted by Gasteiger charge is 2.33. The van der Waals surface area contributed by atoms with E-state index in [0.29, 0.717) is 12.8 Å². The van der Waals surface area contributed by atoms with Gasteiger partial charge in [-0.1, -0.05) is 0 Å². The number of hydrogen-bond donors (Lipinski definition) is 1. The molecule has 30 heavy (non-hydrogen) atoms. The standard InChI is InChI=1S/C21H29N3O4S2/c1-21(2,3)30(27,28)13-16(8-15-4-6-23-7-5-15)9-19(25)17(11-20(22)26)10-18-12-29-14-24-18/h4-7,12,14,16-17H,8-11,13H2,1-3H3,(H2,22,26)/t16-,17+/m1/s1. The minimum absolute atomic E-state index is 0.0553. The molecule has 0 aromatic carbocycles. The van der Waals surface area contributed by atoms with Gasteiger partial charge < -0.3 is 5.73 Å². The molecular formula is C21H29N3O4S2. The Hall–Kier alpha value is -2.13. The maximum absolute atomic E-state index is 13.1. The summed E-state index contributed by atoms with van der Waals surface area (Å²) >= 11 is 1.41. The van der Waals surface area contributed by atoms with E-state index in [2.05, 4.69) is 9.97 Å². The molecule has 0 aliphatic rings. The number of thiazole rings is 1. The second-order valence-corrected chi connectivity index (χ2v) is 12.0. The molecule has 2 N–H and O–H groups in total. The highest BCUT2D eigenvalue weighted by molar-refractivity contribution is 7.92. The van der Waals surface area contributed by atoms with Crippen LogP contribution in [0.25, 0.3) is 0 Å². The van der Waals surface area contributed by atoms with Crippen LogP contribution in [0.2, 0.25) is 0 Å². The number of aromatic nitrogens is 2. The number of sulfone groups is 1. The number of ketones is 1. The number of rotatable bonds is 11. The first-order valence-corrected chi connectivity index (χ1v) is 12.4. The van der Waals surface area contributed by atoms with Gasteiger partial charge in [0.2, 0.25) is 5.91 Å². The second kappa shape index (κ2) is 10.3. The molecule has 0 radical (unpaired) electrons. The van der Waals surface area contributed by atoms with Gasteiger partial charge in [0.05, 0.1) is 21.7 Å². The normalized spacial score (nSPS) is 14.2. The lowest BCUT2D eigenvalue weighted by atomic mass is 9.87. The van der Waals surface area contributed by atoms with Crippen molar-refractivity contribution in [3.8, 4) is 0 Å². The first-order valence-electron chi connectivity index (χ1n) is 9.77. The quantitative estimate of drug-likeness (QED) is 0.561. The third-order valence-corrected chi connectivity index (χ3v) is 8.41. The van der Waals surface area contributed by atoms with Crippen molar-refractivity contribution in [1.82, 2.24) is 9.97 Å². The second-order valence-electron chi connectivity index (χ2n) is 8.54. The number of carbonyl (C=O) groups is 2. The van der Waals surface area contributed by atoms with E-state index in [9.17, 15) is 18.0 Å². The van der Waals surface area contributed by atoms with Crippen molar-refractivity contribution in [2.75, 3.05) is 5.75 Å². The lowest BCUT2D eigenvalue weighted by Crippen LogP contribution is -2.35. The zero-order valence-electron chi connectivity index (χ0n) is 17.6. The molecule has 0 saturated carbocycles. The Balaban J connectivity index is 2.22. The van der Waals surface area contributed by atoms with Crippen LogP contribution in [0.3, 0.4) is 0 Å². The lowest BCUT2D eigenvalue weighted by molar-refractivity contribution is -0.128. The third kappa shape index (κ3) is 7.28. The van der Waals surface area contributed by atoms with Crippen LogP contribution in [0.1, 0.15) is 44.9 Å². The van der Waals surface area contributed by atoms with Gasteiger partial charge in [0, 0.05) is 43.0 Å². The lowest BCUT2D eigenvalue weighted by Gasteiger charge is -2.25. The van der Waals surface area contributed by atoms with Crippen LogP contribution in [0, 0.1) is 11.8 Å². The molecule has 2 aromatic rings. The fourth-order valence-corrected chi connectivity index (χ4v) is 5.11. The number of amides is 1. The molecule has 0 unspecified atom stereocenters. The van der Waals surface area contributed by atoms with Crippen molar-refractivity contribution in [3.05, 3.63) is 46.7 Å². The molecule has 7 nitrogen and oxygen atoms in total. The third-order valence-electron chi connectivity index (χ3n) is 4.99. The fraction of sp³-hybridized carbons (Fsp3) is 0.524. The highest BCUT2D eigenvalue weighted by atomic mass is 32.2. The maximum Gasteiger partial charge on any atom is 0.218 e. The number of pyridine rings is 1. The van der Waals surface area contributed by atoms with Crippen molar-refractivity contribution < 1.29 is 18.0 Å². The van der Waals surface area contributed by atoms with Gasteiger partial charge in [-0.25, -0.2) is 13.4 Å². The summed E-state index contributed by atoms with van der Waals surface area (Å²) in [6.07, 6.45) is 4.02. The van der Waals surface area contributed by atoms with E-state index in [1.165, 1.54) is 11.3 Å². The highest BCUT2D eigenvalue weighted by Crippen LogP contribution is 2.25. The molecule has 0 bridgehead atoms. The molecule has 164 valence electrons. The van der Waals surface area contributed by atoms with Gasteiger partial charge >= 0.3 is 0 Å². The average molecular weight is 452 g/mol. The molecule has 0 fully saturated rings. The number of hydrogen-bond acceptors (Lipinski definition) is 7. The van der Waals surface area contributed by atoms with E-state index in [-0.39, 0.29) is 24.4 Å². The number of carbonyl (C=O) groups excluding carboxylic acids is 2. The Kier molecular flexibility index (Phi) is 8.25. The summed E-state index contributed by atoms with van der Waals surface area (Å²) in [5, 5.41) is 1.83. The molecule has 0 saturated heterocycles. The summed E-state index contributed by atoms with van der Waals surface area (Å²) in [5.74, 6) is -1.84. The van der Waals surface area contributed by atoms with Gasteiger partial charge in [-0.05, 0) is 50.8 Å². The van der Waals surface area contributed by atoms with Gasteiger partial charge in [-0.2, -0.15) is 0 Å². The molecule has 0 aliphatic heterocycles. The van der Waals surface area contributed by atoms with Crippen LogP contribution in [-0.4, -0.2) is 40.6 Å². The van der Waals surface area contributed by atoms with Crippen molar-refractivity contribution in [3.63, 3.8) is 0 Å². The van der Waals surface area contributed by atoms with Crippen LogP contribution in [-0.2, 0) is 32.3 Å². The number of primary amides is 1. The van der Waals surface area contributed by atoms with E-state index in [1.54, 1.807) is 38.7 Å². The minimum atomic E-state index is -3.43. The van der Waals surface area contributed by atoms with Gasteiger partial charge in [0.1, 0.15) is 5.78 Å². The maximum atomic E-state index is 13.1. The van der Waals surface area contributed by atoms with Crippen molar-refractivity contribution in [2.24, 2.45) is 17.6 Å². The Morgan fingerprint density at radius 2 is 1.80 bits per heavy atom. The first kappa shape index (κ1) is 24.1. The van der Waals surface area contributed by atoms with Crippen LogP contribution in [0.15, 0.2) is 35.4 Å². The Morgan fingerprint density at radius 1 is 1.13 bits per heavy atom. The van der Waals surface area contributed by atoms with Crippen LogP contribution in [0.5, 0.6) is 0 Å². The van der Waals surface area contributed by atoms with Crippen molar-refractivity contribution in [2.45, 2.75) is 51.2 Å². The molecule has 0 spiro atoms. The Morgan fingerprint density at radius 3 is 2.33 bits per heavy atom. The molecule has 2 heterocycles. The molecule has 9 heteroatoms. The summed E-state index contributed by atoms with van der Waals surface area (Å²) in [5.41, 5.74) is 8.68. The van der Waals surface area contributed by atoms with Gasteiger partial charge in [-0.3, -0.25) is 14.6 Å². The van der Waals surface area contributed by atoms with E-state index < -0.39 is 32.3 Å². The number of nitrogens with zero attached hydrogens (tertiary/aromatic N) is 2. The Bertz CT molecular complexity index is 936. The molecule has 2 rings (SSSR count). The topological polar surface area (TPSA) is 120 Å². The first-order chi connectivity index (χ1) is 14.0. The van der Waals surface area contributed by atoms with Crippen LogP contribution in [0.4, 0.5) is 0 Å². The zero-order valence-corrected chi connectivity index (χ0v) is 19.2.